The van der Waals surface area contributed by atoms with Crippen molar-refractivity contribution in [2.24, 2.45) is 0 Å². The average molecular weight is 223 g/mol. The summed E-state index contributed by atoms with van der Waals surface area (Å²) in [6, 6.07) is 0.725. The van der Waals surface area contributed by atoms with E-state index in [1.165, 1.54) is 19.3 Å². The van der Waals surface area contributed by atoms with Crippen LogP contribution in [-0.2, 0) is 0 Å². The molecule has 1 aromatic rings. The van der Waals surface area contributed by atoms with Gasteiger partial charge in [0.15, 0.2) is 5.75 Å². The van der Waals surface area contributed by atoms with Gasteiger partial charge >= 0.3 is 0 Å². The third-order valence-corrected chi connectivity index (χ3v) is 3.32. The zero-order valence-corrected chi connectivity index (χ0v) is 9.38. The van der Waals surface area contributed by atoms with E-state index in [4.69, 9.17) is 17.0 Å². The van der Waals surface area contributed by atoms with Crippen LogP contribution < -0.4 is 10.1 Å². The Morgan fingerprint density at radius 1 is 1.60 bits per heavy atom. The monoisotopic (exact) mass is 223 g/mol. The van der Waals surface area contributed by atoms with E-state index in [-0.39, 0.29) is 6.04 Å². The normalized spacial score (nSPS) is 25.1. The highest BCUT2D eigenvalue weighted by Crippen LogP contribution is 2.35. The lowest BCUT2D eigenvalue weighted by atomic mass is 9.93. The molecule has 2 aliphatic rings. The summed E-state index contributed by atoms with van der Waals surface area (Å²) >= 11 is 5.01. The van der Waals surface area contributed by atoms with Crippen molar-refractivity contribution in [2.45, 2.75) is 38.3 Å². The molecular formula is C10H13N3OS. The lowest BCUT2D eigenvalue weighted by molar-refractivity contribution is 0.287. The van der Waals surface area contributed by atoms with E-state index in [2.05, 4.69) is 10.4 Å². The number of nitrogens with one attached hydrogen (secondary N) is 1. The van der Waals surface area contributed by atoms with Crippen LogP contribution in [0.4, 0.5) is 0 Å². The van der Waals surface area contributed by atoms with E-state index in [1.54, 1.807) is 0 Å². The lowest BCUT2D eigenvalue weighted by Gasteiger charge is -2.25. The van der Waals surface area contributed by atoms with Gasteiger partial charge in [-0.3, -0.25) is 4.68 Å². The lowest BCUT2D eigenvalue weighted by Crippen LogP contribution is -2.33. The number of fused-ring (bicyclic) bond motifs is 1. The number of thiocarbonyl (C=S) groups is 1. The van der Waals surface area contributed by atoms with Crippen molar-refractivity contribution in [2.75, 3.05) is 0 Å². The van der Waals surface area contributed by atoms with Crippen LogP contribution in [0.3, 0.4) is 0 Å². The molecule has 4 nitrogen and oxygen atoms in total. The Hall–Kier alpha value is -1.10. The van der Waals surface area contributed by atoms with Gasteiger partial charge in [0.05, 0.1) is 18.3 Å². The minimum Gasteiger partial charge on any atom is -0.428 e. The molecule has 80 valence electrons. The van der Waals surface area contributed by atoms with Crippen LogP contribution >= 0.6 is 12.2 Å². The Morgan fingerprint density at radius 2 is 2.40 bits per heavy atom. The molecule has 1 saturated carbocycles. The molecule has 0 bridgehead atoms. The van der Waals surface area contributed by atoms with Gasteiger partial charge in [-0.25, -0.2) is 0 Å². The Morgan fingerprint density at radius 3 is 3.07 bits per heavy atom. The molecule has 1 N–H and O–H groups in total. The van der Waals surface area contributed by atoms with Crippen LogP contribution in [0.1, 0.15) is 44.0 Å². The van der Waals surface area contributed by atoms with E-state index >= 15 is 0 Å². The molecular weight excluding hydrogens is 210 g/mol. The maximum Gasteiger partial charge on any atom is 0.262 e. The highest BCUT2D eigenvalue weighted by Gasteiger charge is 2.28. The highest BCUT2D eigenvalue weighted by atomic mass is 32.1. The van der Waals surface area contributed by atoms with Crippen molar-refractivity contribution >= 4 is 17.4 Å². The molecule has 15 heavy (non-hydrogen) atoms. The molecule has 1 aliphatic carbocycles. The Bertz CT molecular complexity index is 411. The van der Waals surface area contributed by atoms with Crippen LogP contribution in [0.25, 0.3) is 0 Å². The van der Waals surface area contributed by atoms with Crippen molar-refractivity contribution in [3.05, 3.63) is 11.9 Å². The van der Waals surface area contributed by atoms with E-state index in [0.29, 0.717) is 11.2 Å². The first-order valence-corrected chi connectivity index (χ1v) is 5.72. The summed E-state index contributed by atoms with van der Waals surface area (Å²) in [5.41, 5.74) is 0.968. The second kappa shape index (κ2) is 3.20. The van der Waals surface area contributed by atoms with Gasteiger partial charge in [0.2, 0.25) is 0 Å². The standard InChI is InChI=1S/C10H13N3OS/c1-6-9-8(14-10(15)11-6)5-13(12-9)7-3-2-4-7/h5-7H,2-4H2,1H3,(H,11,15). The topological polar surface area (TPSA) is 39.1 Å². The second-order valence-electron chi connectivity index (χ2n) is 4.20. The molecule has 0 amide bonds. The van der Waals surface area contributed by atoms with Crippen LogP contribution in [0.2, 0.25) is 0 Å². The van der Waals surface area contributed by atoms with Crippen molar-refractivity contribution in [1.82, 2.24) is 15.1 Å². The molecule has 1 atom stereocenters. The van der Waals surface area contributed by atoms with Crippen molar-refractivity contribution in [3.8, 4) is 5.75 Å². The van der Waals surface area contributed by atoms with Crippen molar-refractivity contribution in [3.63, 3.8) is 0 Å². The second-order valence-corrected chi connectivity index (χ2v) is 4.57. The van der Waals surface area contributed by atoms with Gasteiger partial charge in [-0.15, -0.1) is 0 Å². The van der Waals surface area contributed by atoms with Gasteiger partial charge in [0, 0.05) is 0 Å². The fourth-order valence-corrected chi connectivity index (χ4v) is 2.25. The first kappa shape index (κ1) is 9.15. The predicted molar refractivity (Wildman–Crippen MR) is 59.9 cm³/mol. The van der Waals surface area contributed by atoms with Crippen LogP contribution in [0, 0.1) is 0 Å². The summed E-state index contributed by atoms with van der Waals surface area (Å²) in [5.74, 6) is 0.818. The van der Waals surface area contributed by atoms with Crippen LogP contribution in [0.15, 0.2) is 6.20 Å². The van der Waals surface area contributed by atoms with Gasteiger partial charge in [-0.1, -0.05) is 0 Å². The summed E-state index contributed by atoms with van der Waals surface area (Å²) in [4.78, 5) is 0. The average Bonchev–Trinajstić information content (AvgIpc) is 2.44. The van der Waals surface area contributed by atoms with Gasteiger partial charge in [0.25, 0.3) is 5.17 Å². The maximum atomic E-state index is 5.44. The first-order valence-electron chi connectivity index (χ1n) is 5.31. The van der Waals surface area contributed by atoms with Crippen LogP contribution in [0.5, 0.6) is 5.75 Å². The van der Waals surface area contributed by atoms with E-state index in [9.17, 15) is 0 Å². The predicted octanol–water partition coefficient (Wildman–Crippen LogP) is 1.94. The first-order chi connectivity index (χ1) is 7.24. The molecule has 3 rings (SSSR count). The largest absolute Gasteiger partial charge is 0.428 e. The fourth-order valence-electron chi connectivity index (χ4n) is 1.98. The minimum absolute atomic E-state index is 0.155. The number of rotatable bonds is 1. The van der Waals surface area contributed by atoms with E-state index < -0.39 is 0 Å². The Kier molecular flexibility index (Phi) is 1.95. The summed E-state index contributed by atoms with van der Waals surface area (Å²) < 4.78 is 7.47. The van der Waals surface area contributed by atoms with Crippen molar-refractivity contribution < 1.29 is 4.74 Å². The molecule has 5 heteroatoms. The Balaban J connectivity index is 1.95. The molecule has 1 aliphatic heterocycles. The number of hydrogen-bond donors (Lipinski definition) is 1. The molecule has 0 radical (unpaired) electrons. The Labute approximate surface area is 93.6 Å². The highest BCUT2D eigenvalue weighted by molar-refractivity contribution is 7.80. The quantitative estimate of drug-likeness (QED) is 0.738. The molecule has 0 saturated heterocycles. The van der Waals surface area contributed by atoms with Gasteiger partial charge in [-0.2, -0.15) is 5.10 Å². The molecule has 1 aromatic heterocycles. The molecule has 1 fully saturated rings. The third kappa shape index (κ3) is 1.42. The van der Waals surface area contributed by atoms with Gasteiger partial charge in [-0.05, 0) is 38.4 Å². The maximum absolute atomic E-state index is 5.44. The van der Waals surface area contributed by atoms with Crippen LogP contribution in [-0.4, -0.2) is 15.0 Å². The van der Waals surface area contributed by atoms with Gasteiger partial charge < -0.3 is 10.1 Å². The number of aromatic nitrogens is 2. The molecule has 1 unspecified atom stereocenters. The SMILES string of the molecule is CC1NC(=S)Oc2cn(C3CCC3)nc21. The van der Waals surface area contributed by atoms with Crippen molar-refractivity contribution in [1.29, 1.82) is 0 Å². The molecule has 0 spiro atoms. The van der Waals surface area contributed by atoms with E-state index in [0.717, 1.165) is 11.4 Å². The third-order valence-electron chi connectivity index (χ3n) is 3.12. The number of hydrogen-bond acceptors (Lipinski definition) is 3. The number of ether oxygens (including phenoxy) is 1. The van der Waals surface area contributed by atoms with Gasteiger partial charge in [0.1, 0.15) is 5.69 Å². The zero-order valence-electron chi connectivity index (χ0n) is 8.56. The summed E-state index contributed by atoms with van der Waals surface area (Å²) in [5, 5.41) is 8.06. The smallest absolute Gasteiger partial charge is 0.262 e. The number of nitrogens with zero attached hydrogens (tertiary/aromatic N) is 2. The molecule has 0 aromatic carbocycles. The minimum atomic E-state index is 0.155. The summed E-state index contributed by atoms with van der Waals surface area (Å²) in [6.45, 7) is 2.05. The molecule has 2 heterocycles. The summed E-state index contributed by atoms with van der Waals surface area (Å²) in [6.07, 6.45) is 5.74. The fraction of sp³-hybridized carbons (Fsp3) is 0.600. The zero-order chi connectivity index (χ0) is 10.4. The summed E-state index contributed by atoms with van der Waals surface area (Å²) in [7, 11) is 0. The van der Waals surface area contributed by atoms with E-state index in [1.807, 2.05) is 17.8 Å².